The molecule has 1 N–H and O–H groups in total. The van der Waals surface area contributed by atoms with E-state index in [0.29, 0.717) is 12.0 Å². The van der Waals surface area contributed by atoms with Gasteiger partial charge in [0.15, 0.2) is 0 Å². The van der Waals surface area contributed by atoms with Crippen molar-refractivity contribution in [3.63, 3.8) is 0 Å². The first-order chi connectivity index (χ1) is 9.95. The van der Waals surface area contributed by atoms with Crippen LogP contribution in [0.25, 0.3) is 0 Å². The average molecular weight is 290 g/mol. The fourth-order valence-electron chi connectivity index (χ4n) is 3.09. The highest BCUT2D eigenvalue weighted by atomic mass is 19.1. The van der Waals surface area contributed by atoms with Crippen LogP contribution >= 0.6 is 0 Å². The second kappa shape index (κ2) is 5.09. The summed E-state index contributed by atoms with van der Waals surface area (Å²) in [6.45, 7) is 0.883. The number of rotatable bonds is 6. The van der Waals surface area contributed by atoms with E-state index in [2.05, 4.69) is 10.2 Å². The normalized spacial score (nSPS) is 21.1. The predicted octanol–water partition coefficient (Wildman–Crippen LogP) is 2.36. The first-order valence-corrected chi connectivity index (χ1v) is 7.66. The summed E-state index contributed by atoms with van der Waals surface area (Å²) in [6.07, 6.45) is 4.35. The molecule has 0 spiro atoms. The van der Waals surface area contributed by atoms with Crippen LogP contribution in [0, 0.1) is 11.2 Å². The van der Waals surface area contributed by atoms with Crippen molar-refractivity contribution in [3.8, 4) is 0 Å². The van der Waals surface area contributed by atoms with Gasteiger partial charge in [0.1, 0.15) is 5.82 Å². The summed E-state index contributed by atoms with van der Waals surface area (Å²) in [6, 6.07) is 6.78. The third-order valence-corrected chi connectivity index (χ3v) is 4.67. The minimum atomic E-state index is -0.371. The Morgan fingerprint density at radius 1 is 1.24 bits per heavy atom. The maximum atomic E-state index is 13.8. The molecule has 0 heterocycles. The number of carbonyl (C=O) groups excluding carboxylic acids is 1. The number of amides is 1. The molecular formula is C17H23FN2O. The van der Waals surface area contributed by atoms with Gasteiger partial charge in [0.05, 0.1) is 11.0 Å². The summed E-state index contributed by atoms with van der Waals surface area (Å²) in [5, 5.41) is 3.24. The molecule has 4 heteroatoms. The van der Waals surface area contributed by atoms with Crippen molar-refractivity contribution in [2.45, 2.75) is 37.6 Å². The standard InChI is InChI=1S/C17H23FN2O/c1-20(2)12-17(9-10-17)19-15(21)16(7-8-16)11-13-5-3-4-6-14(13)18/h3-6H,7-12H2,1-2H3,(H,19,21). The number of carbonyl (C=O) groups is 1. The fourth-order valence-corrected chi connectivity index (χ4v) is 3.09. The van der Waals surface area contributed by atoms with Gasteiger partial charge in [-0.05, 0) is 57.8 Å². The van der Waals surface area contributed by atoms with Gasteiger partial charge >= 0.3 is 0 Å². The van der Waals surface area contributed by atoms with Crippen LogP contribution in [0.4, 0.5) is 4.39 Å². The summed E-state index contributed by atoms with van der Waals surface area (Å²) in [5.74, 6) is -0.0869. The highest BCUT2D eigenvalue weighted by molar-refractivity contribution is 5.86. The van der Waals surface area contributed by atoms with Gasteiger partial charge in [-0.15, -0.1) is 0 Å². The molecule has 0 atom stereocenters. The van der Waals surface area contributed by atoms with Gasteiger partial charge in [0.2, 0.25) is 5.91 Å². The quantitative estimate of drug-likeness (QED) is 0.872. The third-order valence-electron chi connectivity index (χ3n) is 4.67. The molecule has 3 nitrogen and oxygen atoms in total. The highest BCUT2D eigenvalue weighted by Gasteiger charge is 2.54. The van der Waals surface area contributed by atoms with Gasteiger partial charge in [0.25, 0.3) is 0 Å². The fraction of sp³-hybridized carbons (Fsp3) is 0.588. The highest BCUT2D eigenvalue weighted by Crippen LogP contribution is 2.50. The first kappa shape index (κ1) is 14.5. The molecule has 1 aromatic carbocycles. The second-order valence-corrected chi connectivity index (χ2v) is 7.02. The van der Waals surface area contributed by atoms with E-state index >= 15 is 0 Å². The Balaban J connectivity index is 1.66. The van der Waals surface area contributed by atoms with E-state index in [1.165, 1.54) is 6.07 Å². The molecule has 0 unspecified atom stereocenters. The van der Waals surface area contributed by atoms with Crippen molar-refractivity contribution in [1.29, 1.82) is 0 Å². The smallest absolute Gasteiger partial charge is 0.227 e. The Kier molecular flexibility index (Phi) is 3.52. The lowest BCUT2D eigenvalue weighted by molar-refractivity contribution is -0.127. The molecule has 2 aliphatic carbocycles. The molecule has 1 amide bonds. The van der Waals surface area contributed by atoms with Crippen molar-refractivity contribution in [3.05, 3.63) is 35.6 Å². The van der Waals surface area contributed by atoms with Gasteiger partial charge in [-0.1, -0.05) is 18.2 Å². The van der Waals surface area contributed by atoms with Crippen LogP contribution in [0.2, 0.25) is 0 Å². The Hall–Kier alpha value is -1.42. The molecule has 2 fully saturated rings. The van der Waals surface area contributed by atoms with E-state index in [1.807, 2.05) is 20.2 Å². The van der Waals surface area contributed by atoms with E-state index in [1.54, 1.807) is 12.1 Å². The lowest BCUT2D eigenvalue weighted by Crippen LogP contribution is -2.47. The van der Waals surface area contributed by atoms with E-state index in [4.69, 9.17) is 0 Å². The van der Waals surface area contributed by atoms with Crippen LogP contribution in [-0.2, 0) is 11.2 Å². The molecule has 114 valence electrons. The van der Waals surface area contributed by atoms with Crippen LogP contribution < -0.4 is 5.32 Å². The van der Waals surface area contributed by atoms with Gasteiger partial charge in [-0.25, -0.2) is 4.39 Å². The summed E-state index contributed by atoms with van der Waals surface area (Å²) >= 11 is 0. The molecular weight excluding hydrogens is 267 g/mol. The average Bonchev–Trinajstić information content (AvgIpc) is 3.30. The molecule has 0 saturated heterocycles. The topological polar surface area (TPSA) is 32.3 Å². The molecule has 0 aromatic heterocycles. The molecule has 3 rings (SSSR count). The van der Waals surface area contributed by atoms with Crippen molar-refractivity contribution < 1.29 is 9.18 Å². The van der Waals surface area contributed by atoms with Crippen LogP contribution in [0.3, 0.4) is 0 Å². The molecule has 1 aromatic rings. The number of nitrogens with one attached hydrogen (secondary N) is 1. The van der Waals surface area contributed by atoms with Gasteiger partial charge in [-0.3, -0.25) is 4.79 Å². The molecule has 2 aliphatic rings. The number of benzene rings is 1. The summed E-state index contributed by atoms with van der Waals surface area (Å²) < 4.78 is 13.8. The van der Waals surface area contributed by atoms with E-state index < -0.39 is 0 Å². The molecule has 21 heavy (non-hydrogen) atoms. The van der Waals surface area contributed by atoms with Gasteiger partial charge in [-0.2, -0.15) is 0 Å². The van der Waals surface area contributed by atoms with Crippen molar-refractivity contribution >= 4 is 5.91 Å². The van der Waals surface area contributed by atoms with Crippen LogP contribution in [0.5, 0.6) is 0 Å². The zero-order valence-corrected chi connectivity index (χ0v) is 12.8. The SMILES string of the molecule is CN(C)CC1(NC(=O)C2(Cc3ccccc3F)CC2)CC1. The Morgan fingerprint density at radius 3 is 2.43 bits per heavy atom. The van der Waals surface area contributed by atoms with Crippen molar-refractivity contribution in [2.24, 2.45) is 5.41 Å². The zero-order chi connectivity index (χ0) is 15.1. The molecule has 0 bridgehead atoms. The zero-order valence-electron chi connectivity index (χ0n) is 12.8. The summed E-state index contributed by atoms with van der Waals surface area (Å²) in [5.41, 5.74) is 0.248. The largest absolute Gasteiger partial charge is 0.349 e. The summed E-state index contributed by atoms with van der Waals surface area (Å²) in [7, 11) is 4.05. The van der Waals surface area contributed by atoms with Crippen molar-refractivity contribution in [2.75, 3.05) is 20.6 Å². The molecule has 0 radical (unpaired) electrons. The van der Waals surface area contributed by atoms with Crippen LogP contribution in [0.15, 0.2) is 24.3 Å². The first-order valence-electron chi connectivity index (χ1n) is 7.66. The Labute approximate surface area is 125 Å². The summed E-state index contributed by atoms with van der Waals surface area (Å²) in [4.78, 5) is 14.7. The lowest BCUT2D eigenvalue weighted by Gasteiger charge is -2.25. The van der Waals surface area contributed by atoms with E-state index in [-0.39, 0.29) is 22.7 Å². The minimum Gasteiger partial charge on any atom is -0.349 e. The minimum absolute atomic E-state index is 0.0363. The monoisotopic (exact) mass is 290 g/mol. The van der Waals surface area contributed by atoms with Crippen LogP contribution in [-0.4, -0.2) is 37.0 Å². The maximum absolute atomic E-state index is 13.8. The number of halogens is 1. The Bertz CT molecular complexity index is 547. The maximum Gasteiger partial charge on any atom is 0.227 e. The van der Waals surface area contributed by atoms with E-state index in [9.17, 15) is 9.18 Å². The van der Waals surface area contributed by atoms with Gasteiger partial charge < -0.3 is 10.2 Å². The molecule has 2 saturated carbocycles. The van der Waals surface area contributed by atoms with E-state index in [0.717, 1.165) is 32.2 Å². The number of likely N-dealkylation sites (N-methyl/N-ethyl adjacent to an activating group) is 1. The van der Waals surface area contributed by atoms with Crippen molar-refractivity contribution in [1.82, 2.24) is 10.2 Å². The molecule has 0 aliphatic heterocycles. The van der Waals surface area contributed by atoms with Gasteiger partial charge in [0, 0.05) is 6.54 Å². The second-order valence-electron chi connectivity index (χ2n) is 7.02. The van der Waals surface area contributed by atoms with Crippen LogP contribution in [0.1, 0.15) is 31.2 Å². The Morgan fingerprint density at radius 2 is 1.90 bits per heavy atom. The number of nitrogens with zero attached hydrogens (tertiary/aromatic N) is 1. The number of hydrogen-bond donors (Lipinski definition) is 1. The third kappa shape index (κ3) is 3.10. The number of hydrogen-bond acceptors (Lipinski definition) is 2. The predicted molar refractivity (Wildman–Crippen MR) is 80.4 cm³/mol. The lowest BCUT2D eigenvalue weighted by atomic mass is 9.94.